The zero-order valence-corrected chi connectivity index (χ0v) is 10.0. The van der Waals surface area contributed by atoms with Gasteiger partial charge in [-0.2, -0.15) is 0 Å². The lowest BCUT2D eigenvalue weighted by Crippen LogP contribution is -1.81. The molecule has 17 heavy (non-hydrogen) atoms. The number of aromatic nitrogens is 2. The van der Waals surface area contributed by atoms with Gasteiger partial charge in [0.2, 0.25) is 0 Å². The van der Waals surface area contributed by atoms with Crippen LogP contribution in [0.25, 0.3) is 20.9 Å². The Hall–Kier alpha value is -1.94. The van der Waals surface area contributed by atoms with Crippen LogP contribution in [0, 0.1) is 6.92 Å². The van der Waals surface area contributed by atoms with Crippen molar-refractivity contribution in [2.24, 2.45) is 0 Å². The molecule has 0 aliphatic heterocycles. The van der Waals surface area contributed by atoms with Crippen molar-refractivity contribution >= 4 is 21.7 Å². The second-order valence-corrected chi connectivity index (χ2v) is 4.82. The molecule has 2 aromatic heterocycles. The first-order valence-electron chi connectivity index (χ1n) is 5.25. The van der Waals surface area contributed by atoms with Gasteiger partial charge in [-0.15, -0.1) is 0 Å². The summed E-state index contributed by atoms with van der Waals surface area (Å²) < 4.78 is 0. The van der Waals surface area contributed by atoms with Crippen molar-refractivity contribution in [3.8, 4) is 16.3 Å². The largest absolute Gasteiger partial charge is 0.508 e. The van der Waals surface area contributed by atoms with Gasteiger partial charge in [-0.05, 0) is 42.8 Å². The SMILES string of the molecule is Cc1cc(O)ccc1-c1nc2cccnc2s1. The highest BCUT2D eigenvalue weighted by atomic mass is 32.1. The van der Waals surface area contributed by atoms with Crippen LogP contribution in [0.1, 0.15) is 5.56 Å². The van der Waals surface area contributed by atoms with Crippen molar-refractivity contribution in [3.63, 3.8) is 0 Å². The number of thiazole rings is 1. The Kier molecular flexibility index (Phi) is 2.30. The number of phenolic OH excluding ortho intramolecular Hbond substituents is 1. The fourth-order valence-electron chi connectivity index (χ4n) is 1.77. The number of aromatic hydroxyl groups is 1. The van der Waals surface area contributed by atoms with Crippen LogP contribution >= 0.6 is 11.3 Å². The molecule has 0 amide bonds. The van der Waals surface area contributed by atoms with Crippen LogP contribution in [-0.2, 0) is 0 Å². The maximum absolute atomic E-state index is 9.39. The molecule has 4 heteroatoms. The van der Waals surface area contributed by atoms with Gasteiger partial charge in [-0.3, -0.25) is 0 Å². The lowest BCUT2D eigenvalue weighted by atomic mass is 10.1. The van der Waals surface area contributed by atoms with E-state index in [1.807, 2.05) is 25.1 Å². The highest BCUT2D eigenvalue weighted by molar-refractivity contribution is 7.21. The highest BCUT2D eigenvalue weighted by Crippen LogP contribution is 2.32. The number of phenols is 1. The summed E-state index contributed by atoms with van der Waals surface area (Å²) in [5, 5.41) is 10.3. The van der Waals surface area contributed by atoms with E-state index in [2.05, 4.69) is 9.97 Å². The third-order valence-corrected chi connectivity index (χ3v) is 3.62. The molecule has 1 N–H and O–H groups in total. The van der Waals surface area contributed by atoms with Crippen LogP contribution in [0.15, 0.2) is 36.5 Å². The molecule has 0 saturated carbocycles. The van der Waals surface area contributed by atoms with E-state index in [9.17, 15) is 5.11 Å². The Labute approximate surface area is 102 Å². The zero-order chi connectivity index (χ0) is 11.8. The summed E-state index contributed by atoms with van der Waals surface area (Å²) in [5.74, 6) is 0.283. The van der Waals surface area contributed by atoms with Gasteiger partial charge >= 0.3 is 0 Å². The minimum atomic E-state index is 0.283. The summed E-state index contributed by atoms with van der Waals surface area (Å²) in [6.07, 6.45) is 1.77. The van der Waals surface area contributed by atoms with Gasteiger partial charge < -0.3 is 5.11 Å². The van der Waals surface area contributed by atoms with Crippen molar-refractivity contribution < 1.29 is 5.11 Å². The molecule has 3 rings (SSSR count). The summed E-state index contributed by atoms with van der Waals surface area (Å²) in [6, 6.07) is 9.16. The molecule has 0 spiro atoms. The topological polar surface area (TPSA) is 46.0 Å². The van der Waals surface area contributed by atoms with Crippen LogP contribution in [-0.4, -0.2) is 15.1 Å². The number of hydrogen-bond donors (Lipinski definition) is 1. The molecule has 0 saturated heterocycles. The number of rotatable bonds is 1. The van der Waals surface area contributed by atoms with E-state index in [-0.39, 0.29) is 5.75 Å². The van der Waals surface area contributed by atoms with Crippen molar-refractivity contribution in [3.05, 3.63) is 42.1 Å². The van der Waals surface area contributed by atoms with Gasteiger partial charge in [0.1, 0.15) is 21.1 Å². The van der Waals surface area contributed by atoms with Crippen LogP contribution < -0.4 is 0 Å². The van der Waals surface area contributed by atoms with Gasteiger partial charge in [-0.25, -0.2) is 9.97 Å². The van der Waals surface area contributed by atoms with Gasteiger partial charge in [-0.1, -0.05) is 11.3 Å². The maximum atomic E-state index is 9.39. The van der Waals surface area contributed by atoms with E-state index in [0.29, 0.717) is 0 Å². The zero-order valence-electron chi connectivity index (χ0n) is 9.21. The molecule has 0 atom stereocenters. The Bertz CT molecular complexity index is 658. The minimum Gasteiger partial charge on any atom is -0.508 e. The average molecular weight is 242 g/mol. The third kappa shape index (κ3) is 1.76. The van der Waals surface area contributed by atoms with Gasteiger partial charge in [0.05, 0.1) is 0 Å². The summed E-state index contributed by atoms with van der Waals surface area (Å²) >= 11 is 1.57. The molecule has 0 aliphatic rings. The number of hydrogen-bond acceptors (Lipinski definition) is 4. The number of nitrogens with zero attached hydrogens (tertiary/aromatic N) is 2. The van der Waals surface area contributed by atoms with Crippen LogP contribution in [0.3, 0.4) is 0 Å². The van der Waals surface area contributed by atoms with Crippen molar-refractivity contribution in [2.45, 2.75) is 6.92 Å². The molecule has 0 fully saturated rings. The van der Waals surface area contributed by atoms with Crippen LogP contribution in [0.4, 0.5) is 0 Å². The van der Waals surface area contributed by atoms with E-state index in [0.717, 1.165) is 26.5 Å². The standard InChI is InChI=1S/C13H10N2OS/c1-8-7-9(16)4-5-10(8)12-15-11-3-2-6-14-13(11)17-12/h2-7,16H,1H3. The maximum Gasteiger partial charge on any atom is 0.143 e. The molecule has 1 aromatic carbocycles. The molecule has 0 bridgehead atoms. The Morgan fingerprint density at radius 1 is 1.24 bits per heavy atom. The third-order valence-electron chi connectivity index (χ3n) is 2.61. The number of benzene rings is 1. The van der Waals surface area contributed by atoms with Crippen molar-refractivity contribution in [2.75, 3.05) is 0 Å². The van der Waals surface area contributed by atoms with Gasteiger partial charge in [0.15, 0.2) is 0 Å². The molecular weight excluding hydrogens is 232 g/mol. The first-order valence-corrected chi connectivity index (χ1v) is 6.07. The van der Waals surface area contributed by atoms with E-state index < -0.39 is 0 Å². The number of aryl methyl sites for hydroxylation is 1. The van der Waals surface area contributed by atoms with Crippen LogP contribution in [0.5, 0.6) is 5.75 Å². The molecule has 0 unspecified atom stereocenters. The normalized spacial score (nSPS) is 10.9. The number of fused-ring (bicyclic) bond motifs is 1. The predicted molar refractivity (Wildman–Crippen MR) is 69.3 cm³/mol. The number of pyridine rings is 1. The second kappa shape index (κ2) is 3.82. The fraction of sp³-hybridized carbons (Fsp3) is 0.0769. The Morgan fingerprint density at radius 2 is 2.12 bits per heavy atom. The van der Waals surface area contributed by atoms with Crippen molar-refractivity contribution in [1.82, 2.24) is 9.97 Å². The second-order valence-electron chi connectivity index (χ2n) is 3.85. The molecule has 0 aliphatic carbocycles. The van der Waals surface area contributed by atoms with Gasteiger partial charge in [0.25, 0.3) is 0 Å². The lowest BCUT2D eigenvalue weighted by molar-refractivity contribution is 0.475. The molecular formula is C13H10N2OS. The lowest BCUT2D eigenvalue weighted by Gasteiger charge is -2.01. The Morgan fingerprint density at radius 3 is 2.88 bits per heavy atom. The Balaban J connectivity index is 2.20. The monoisotopic (exact) mass is 242 g/mol. The molecule has 3 aromatic rings. The molecule has 0 radical (unpaired) electrons. The van der Waals surface area contributed by atoms with Gasteiger partial charge in [0, 0.05) is 11.8 Å². The first-order chi connectivity index (χ1) is 8.24. The van der Waals surface area contributed by atoms with E-state index in [4.69, 9.17) is 0 Å². The van der Waals surface area contributed by atoms with Crippen molar-refractivity contribution in [1.29, 1.82) is 0 Å². The molecule has 2 heterocycles. The highest BCUT2D eigenvalue weighted by Gasteiger charge is 2.09. The van der Waals surface area contributed by atoms with E-state index in [1.165, 1.54) is 0 Å². The quantitative estimate of drug-likeness (QED) is 0.711. The average Bonchev–Trinajstić information content (AvgIpc) is 2.72. The predicted octanol–water partition coefficient (Wildman–Crippen LogP) is 3.37. The molecule has 3 nitrogen and oxygen atoms in total. The summed E-state index contributed by atoms with van der Waals surface area (Å²) in [7, 11) is 0. The van der Waals surface area contributed by atoms with E-state index in [1.54, 1.807) is 29.7 Å². The fourth-order valence-corrected chi connectivity index (χ4v) is 2.77. The first kappa shape index (κ1) is 10.2. The summed E-state index contributed by atoms with van der Waals surface area (Å²) in [5.41, 5.74) is 2.98. The summed E-state index contributed by atoms with van der Waals surface area (Å²) in [6.45, 7) is 1.97. The van der Waals surface area contributed by atoms with E-state index >= 15 is 0 Å². The summed E-state index contributed by atoms with van der Waals surface area (Å²) in [4.78, 5) is 9.77. The smallest absolute Gasteiger partial charge is 0.143 e. The van der Waals surface area contributed by atoms with Crippen LogP contribution in [0.2, 0.25) is 0 Å². The molecule has 84 valence electrons. The minimum absolute atomic E-state index is 0.283.